The predicted molar refractivity (Wildman–Crippen MR) is 44.9 cm³/mol. The molecule has 2 atom stereocenters. The van der Waals surface area contributed by atoms with Gasteiger partial charge in [-0.3, -0.25) is 0 Å². The first-order chi connectivity index (χ1) is 5.07. The van der Waals surface area contributed by atoms with Crippen LogP contribution in [0.2, 0.25) is 0 Å². The van der Waals surface area contributed by atoms with Crippen LogP contribution in [0.1, 0.15) is 34.5 Å². The molecule has 0 spiro atoms. The van der Waals surface area contributed by atoms with Crippen molar-refractivity contribution in [3.8, 4) is 0 Å². The Morgan fingerprint density at radius 1 is 1.80 bits per heavy atom. The Labute approximate surface area is 65.2 Å². The maximum Gasteiger partial charge on any atom is 0.0456 e. The van der Waals surface area contributed by atoms with Crippen LogP contribution in [-0.4, -0.2) is 11.7 Å². The zero-order valence-corrected chi connectivity index (χ0v) is 6.93. The molecule has 0 bridgehead atoms. The lowest BCUT2D eigenvalue weighted by molar-refractivity contribution is 0.230. The van der Waals surface area contributed by atoms with E-state index in [0.717, 1.165) is 18.4 Å². The molecule has 60 valence electrons. The first-order valence-corrected chi connectivity index (χ1v) is 3.78. The fourth-order valence-corrected chi connectivity index (χ4v) is 0.667. The van der Waals surface area contributed by atoms with Crippen molar-refractivity contribution in [1.29, 1.82) is 0 Å². The first kappa shape index (κ1) is 7.80. The molecule has 10 heavy (non-hydrogen) atoms. The van der Waals surface area contributed by atoms with Gasteiger partial charge in [0.2, 0.25) is 0 Å². The molecule has 1 heteroatoms. The Morgan fingerprint density at radius 2 is 2.40 bits per heavy atom. The van der Waals surface area contributed by atoms with Crippen LogP contribution in [0.25, 0.3) is 0 Å². The van der Waals surface area contributed by atoms with Gasteiger partial charge in [0, 0.05) is 7.98 Å². The summed E-state index contributed by atoms with van der Waals surface area (Å²) in [6.45, 7) is 7.85. The number of rotatable bonds is 5. The van der Waals surface area contributed by atoms with E-state index in [4.69, 9.17) is 6.48 Å². The number of allylic oxidation sites excluding steroid dienone is 1. The Balaban J connectivity index is 3.46. The fourth-order valence-electron chi connectivity index (χ4n) is 0.667. The smallest absolute Gasteiger partial charge is 0.0456 e. The van der Waals surface area contributed by atoms with Crippen molar-refractivity contribution in [3.05, 3.63) is 12.2 Å². The predicted octanol–water partition coefficient (Wildman–Crippen LogP) is 2.36. The van der Waals surface area contributed by atoms with Gasteiger partial charge in [-0.2, -0.15) is 0 Å². The Kier molecular flexibility index (Phi) is 4.28. The van der Waals surface area contributed by atoms with Gasteiger partial charge in [0.15, 0.2) is 0 Å². The zero-order valence-electron chi connectivity index (χ0n) is 7.93. The van der Waals surface area contributed by atoms with Crippen molar-refractivity contribution in [3.63, 3.8) is 0 Å². The van der Waals surface area contributed by atoms with Gasteiger partial charge in [0.1, 0.15) is 0 Å². The van der Waals surface area contributed by atoms with E-state index < -0.39 is 0 Å². The van der Waals surface area contributed by atoms with Crippen LogP contribution in [0.15, 0.2) is 12.2 Å². The van der Waals surface area contributed by atoms with Crippen LogP contribution in [0.3, 0.4) is 0 Å². The Hall–Kier alpha value is -0.300. The molecule has 0 saturated heterocycles. The summed E-state index contributed by atoms with van der Waals surface area (Å²) in [4.78, 5) is 0. The summed E-state index contributed by atoms with van der Waals surface area (Å²) in [7, 11) is 0. The van der Waals surface area contributed by atoms with Gasteiger partial charge in [-0.05, 0) is 25.2 Å². The number of hydrogen-bond donors (Lipinski definition) is 1. The zero-order chi connectivity index (χ0) is 8.85. The van der Waals surface area contributed by atoms with Gasteiger partial charge in [0.05, 0.1) is 0 Å². The van der Waals surface area contributed by atoms with E-state index in [-0.39, 0.29) is 13.0 Å². The van der Waals surface area contributed by atoms with Crippen LogP contribution in [0.5, 0.6) is 0 Å². The van der Waals surface area contributed by atoms with Gasteiger partial charge in [0.25, 0.3) is 0 Å². The van der Waals surface area contributed by atoms with Crippen LogP contribution in [0, 0.1) is 5.92 Å². The van der Waals surface area contributed by atoms with E-state index in [2.05, 4.69) is 6.58 Å². The third-order valence-corrected chi connectivity index (χ3v) is 1.68. The molecule has 0 fully saturated rings. The quantitative estimate of drug-likeness (QED) is 0.586. The first-order valence-electron chi connectivity index (χ1n) is 4.36. The maximum absolute atomic E-state index is 8.71. The third-order valence-electron chi connectivity index (χ3n) is 1.68. The summed E-state index contributed by atoms with van der Waals surface area (Å²) in [5, 5.41) is 8.71. The summed E-state index contributed by atoms with van der Waals surface area (Å²) in [5.41, 5.74) is 0.963. The van der Waals surface area contributed by atoms with E-state index in [1.165, 1.54) is 0 Å². The monoisotopic (exact) mass is 143 g/mol. The molecular weight excluding hydrogens is 124 g/mol. The van der Waals surface area contributed by atoms with E-state index in [1.807, 2.05) is 13.8 Å². The van der Waals surface area contributed by atoms with Gasteiger partial charge >= 0.3 is 0 Å². The summed E-state index contributed by atoms with van der Waals surface area (Å²) >= 11 is 0. The summed E-state index contributed by atoms with van der Waals surface area (Å²) in [6.07, 6.45) is 1.64. The third kappa shape index (κ3) is 4.57. The largest absolute Gasteiger partial charge is 0.396 e. The molecule has 0 aliphatic heterocycles. The molecule has 0 aromatic carbocycles. The minimum atomic E-state index is -0.166. The highest BCUT2D eigenvalue weighted by molar-refractivity contribution is 4.92. The molecule has 0 unspecified atom stereocenters. The number of aliphatic hydroxyl groups is 1. The SMILES string of the molecule is [2H][C@@H](C)C(=C)CC[C@@H](C)CO. The average Bonchev–Trinajstić information content (AvgIpc) is 1.99. The highest BCUT2D eigenvalue weighted by Crippen LogP contribution is 2.11. The lowest BCUT2D eigenvalue weighted by Crippen LogP contribution is -2.00. The van der Waals surface area contributed by atoms with Crippen molar-refractivity contribution in [2.75, 3.05) is 6.61 Å². The van der Waals surface area contributed by atoms with Gasteiger partial charge in [-0.15, -0.1) is 0 Å². The van der Waals surface area contributed by atoms with Crippen LogP contribution >= 0.6 is 0 Å². The Morgan fingerprint density at radius 3 is 2.80 bits per heavy atom. The van der Waals surface area contributed by atoms with E-state index in [1.54, 1.807) is 0 Å². The standard InChI is InChI=1S/C9H18O/c1-4-8(2)5-6-9(3)7-10/h9-10H,2,4-7H2,1,3H3/t9-/m1/s1/i4D/t4-,9+/m0. The van der Waals surface area contributed by atoms with Crippen molar-refractivity contribution >= 4 is 0 Å². The van der Waals surface area contributed by atoms with Crippen LogP contribution in [-0.2, 0) is 0 Å². The number of hydrogen-bond acceptors (Lipinski definition) is 1. The van der Waals surface area contributed by atoms with Crippen molar-refractivity contribution in [2.45, 2.75) is 33.1 Å². The van der Waals surface area contributed by atoms with Crippen molar-refractivity contribution < 1.29 is 6.48 Å². The normalized spacial score (nSPS) is 17.7. The molecule has 0 saturated carbocycles. The minimum Gasteiger partial charge on any atom is -0.396 e. The molecule has 0 aliphatic rings. The highest BCUT2D eigenvalue weighted by Gasteiger charge is 1.99. The van der Waals surface area contributed by atoms with Gasteiger partial charge in [-0.25, -0.2) is 0 Å². The van der Waals surface area contributed by atoms with Crippen molar-refractivity contribution in [1.82, 2.24) is 0 Å². The van der Waals surface area contributed by atoms with Crippen molar-refractivity contribution in [2.24, 2.45) is 5.92 Å². The summed E-state index contributed by atoms with van der Waals surface area (Å²) in [5.74, 6) is 0.338. The molecule has 0 amide bonds. The lowest BCUT2D eigenvalue weighted by atomic mass is 10.0. The molecule has 1 nitrogen and oxygen atoms in total. The van der Waals surface area contributed by atoms with E-state index in [9.17, 15) is 0 Å². The van der Waals surface area contributed by atoms with Crippen LogP contribution < -0.4 is 0 Å². The topological polar surface area (TPSA) is 20.2 Å². The van der Waals surface area contributed by atoms with Gasteiger partial charge < -0.3 is 5.11 Å². The Bertz CT molecular complexity index is 121. The van der Waals surface area contributed by atoms with E-state index >= 15 is 0 Å². The lowest BCUT2D eigenvalue weighted by Gasteiger charge is -2.07. The second-order valence-corrected chi connectivity index (χ2v) is 2.77. The molecular formula is C9H18O. The molecule has 0 heterocycles. The molecule has 0 aliphatic carbocycles. The number of aliphatic hydroxyl groups excluding tert-OH is 1. The van der Waals surface area contributed by atoms with Gasteiger partial charge in [-0.1, -0.05) is 26.0 Å². The minimum absolute atomic E-state index is 0.166. The molecule has 0 radical (unpaired) electrons. The molecule has 0 aromatic heterocycles. The second kappa shape index (κ2) is 5.48. The highest BCUT2D eigenvalue weighted by atomic mass is 16.3. The van der Waals surface area contributed by atoms with E-state index in [0.29, 0.717) is 5.92 Å². The second-order valence-electron chi connectivity index (χ2n) is 2.77. The molecule has 0 aromatic rings. The molecule has 0 rings (SSSR count). The summed E-state index contributed by atoms with van der Waals surface area (Å²) < 4.78 is 7.32. The average molecular weight is 143 g/mol. The summed E-state index contributed by atoms with van der Waals surface area (Å²) in [6, 6.07) is 0. The molecule has 1 N–H and O–H groups in total. The van der Waals surface area contributed by atoms with Crippen LogP contribution in [0.4, 0.5) is 0 Å². The maximum atomic E-state index is 8.71. The fraction of sp³-hybridized carbons (Fsp3) is 0.778.